The molecule has 0 saturated carbocycles. The van der Waals surface area contributed by atoms with Crippen LogP contribution >= 0.6 is 23.4 Å². The van der Waals surface area contributed by atoms with E-state index in [1.54, 1.807) is 16.6 Å². The van der Waals surface area contributed by atoms with Crippen LogP contribution in [0.25, 0.3) is 0 Å². The van der Waals surface area contributed by atoms with E-state index in [0.29, 0.717) is 16.3 Å². The molecular formula is C8H10ClN7S. The number of hydrogen-bond acceptors (Lipinski definition) is 7. The largest absolute Gasteiger partial charge is 0.347 e. The average Bonchev–Trinajstić information content (AvgIpc) is 2.63. The fourth-order valence-electron chi connectivity index (χ4n) is 1.03. The van der Waals surface area contributed by atoms with E-state index in [-0.39, 0.29) is 5.28 Å². The fraction of sp³-hybridized carbons (Fsp3) is 0.375. The normalized spacial score (nSPS) is 10.6. The Morgan fingerprint density at radius 1 is 1.29 bits per heavy atom. The maximum absolute atomic E-state index is 5.83. The van der Waals surface area contributed by atoms with Crippen LogP contribution < -0.4 is 4.90 Å². The molecule has 9 heteroatoms. The number of aryl methyl sites for hydroxylation is 1. The third kappa shape index (κ3) is 2.83. The van der Waals surface area contributed by atoms with Gasteiger partial charge in [-0.15, -0.1) is 0 Å². The first-order chi connectivity index (χ1) is 8.06. The predicted molar refractivity (Wildman–Crippen MR) is 64.3 cm³/mol. The number of hydrogen-bond donors (Lipinski definition) is 0. The Hall–Kier alpha value is -1.41. The van der Waals surface area contributed by atoms with Crippen molar-refractivity contribution in [2.45, 2.75) is 10.3 Å². The minimum atomic E-state index is 0.161. The van der Waals surface area contributed by atoms with Gasteiger partial charge in [-0.1, -0.05) is 0 Å². The lowest BCUT2D eigenvalue weighted by molar-refractivity contribution is 0.683. The summed E-state index contributed by atoms with van der Waals surface area (Å²) in [6.45, 7) is 0. The van der Waals surface area contributed by atoms with Crippen molar-refractivity contribution in [3.63, 3.8) is 0 Å². The van der Waals surface area contributed by atoms with E-state index in [9.17, 15) is 0 Å². The maximum atomic E-state index is 5.83. The van der Waals surface area contributed by atoms with E-state index in [4.69, 9.17) is 11.6 Å². The maximum Gasteiger partial charge on any atom is 0.230 e. The fourth-order valence-corrected chi connectivity index (χ4v) is 1.93. The van der Waals surface area contributed by atoms with Crippen LogP contribution in [0, 0.1) is 0 Å². The molecule has 0 fully saturated rings. The SMILES string of the molecule is CN(C)c1nc(Cl)nc(Sc2ncnn2C)n1. The molecule has 0 aromatic carbocycles. The zero-order valence-electron chi connectivity index (χ0n) is 9.49. The summed E-state index contributed by atoms with van der Waals surface area (Å²) in [6.07, 6.45) is 1.47. The Morgan fingerprint density at radius 3 is 2.65 bits per heavy atom. The van der Waals surface area contributed by atoms with Gasteiger partial charge < -0.3 is 4.90 Å². The Bertz CT molecular complexity index is 526. The zero-order valence-corrected chi connectivity index (χ0v) is 11.1. The highest BCUT2D eigenvalue weighted by Crippen LogP contribution is 2.23. The van der Waals surface area contributed by atoms with Crippen LogP contribution in [0.4, 0.5) is 5.95 Å². The molecule has 0 unspecified atom stereocenters. The highest BCUT2D eigenvalue weighted by atomic mass is 35.5. The predicted octanol–water partition coefficient (Wildman–Crippen LogP) is 0.871. The van der Waals surface area contributed by atoms with E-state index < -0.39 is 0 Å². The van der Waals surface area contributed by atoms with Crippen molar-refractivity contribution in [2.24, 2.45) is 7.05 Å². The number of nitrogens with zero attached hydrogens (tertiary/aromatic N) is 7. The van der Waals surface area contributed by atoms with Gasteiger partial charge in [0.15, 0.2) is 5.16 Å². The van der Waals surface area contributed by atoms with Crippen LogP contribution in [0.5, 0.6) is 0 Å². The van der Waals surface area contributed by atoms with Gasteiger partial charge in [0.25, 0.3) is 0 Å². The molecule has 0 aliphatic rings. The summed E-state index contributed by atoms with van der Waals surface area (Å²) in [4.78, 5) is 18.1. The Morgan fingerprint density at radius 2 is 2.06 bits per heavy atom. The van der Waals surface area contributed by atoms with Gasteiger partial charge >= 0.3 is 0 Å². The standard InChI is InChI=1S/C8H10ClN7S/c1-15(2)6-12-5(9)13-7(14-6)17-8-10-4-11-16(8)3/h4H,1-3H3. The minimum absolute atomic E-state index is 0.161. The van der Waals surface area contributed by atoms with Gasteiger partial charge in [0.05, 0.1) is 0 Å². The summed E-state index contributed by atoms with van der Waals surface area (Å²) in [5.74, 6) is 0.509. The molecule has 0 radical (unpaired) electrons. The third-order valence-corrected chi connectivity index (χ3v) is 2.91. The van der Waals surface area contributed by atoms with Crippen molar-refractivity contribution < 1.29 is 0 Å². The van der Waals surface area contributed by atoms with E-state index in [1.165, 1.54) is 18.1 Å². The monoisotopic (exact) mass is 271 g/mol. The molecule has 0 spiro atoms. The van der Waals surface area contributed by atoms with Crippen molar-refractivity contribution >= 4 is 29.3 Å². The van der Waals surface area contributed by atoms with Gasteiger partial charge in [-0.3, -0.25) is 0 Å². The molecule has 0 saturated heterocycles. The molecule has 0 N–H and O–H groups in total. The van der Waals surface area contributed by atoms with Crippen molar-refractivity contribution in [3.8, 4) is 0 Å². The second-order valence-electron chi connectivity index (χ2n) is 3.35. The van der Waals surface area contributed by atoms with Gasteiger partial charge in [-0.05, 0) is 23.4 Å². The van der Waals surface area contributed by atoms with Gasteiger partial charge in [0, 0.05) is 21.1 Å². The second kappa shape index (κ2) is 4.84. The Balaban J connectivity index is 2.30. The van der Waals surface area contributed by atoms with Crippen LogP contribution in [-0.2, 0) is 7.05 Å². The minimum Gasteiger partial charge on any atom is -0.347 e. The van der Waals surface area contributed by atoms with Crippen LogP contribution in [0.1, 0.15) is 0 Å². The first-order valence-corrected chi connectivity index (χ1v) is 5.86. The quantitative estimate of drug-likeness (QED) is 0.820. The lowest BCUT2D eigenvalue weighted by atomic mass is 10.8. The molecule has 0 bridgehead atoms. The Kier molecular flexibility index (Phi) is 3.43. The molecule has 2 rings (SSSR count). The molecule has 90 valence electrons. The summed E-state index contributed by atoms with van der Waals surface area (Å²) in [6, 6.07) is 0. The van der Waals surface area contributed by atoms with Gasteiger partial charge in [-0.2, -0.15) is 20.1 Å². The molecule has 17 heavy (non-hydrogen) atoms. The molecule has 0 aliphatic heterocycles. The summed E-state index contributed by atoms with van der Waals surface area (Å²) in [5, 5.41) is 5.31. The highest BCUT2D eigenvalue weighted by Gasteiger charge is 2.10. The van der Waals surface area contributed by atoms with E-state index >= 15 is 0 Å². The summed E-state index contributed by atoms with van der Waals surface area (Å²) >= 11 is 7.11. The summed E-state index contributed by atoms with van der Waals surface area (Å²) < 4.78 is 1.64. The molecule has 0 amide bonds. The topological polar surface area (TPSA) is 72.6 Å². The molecule has 2 aromatic rings. The summed E-state index contributed by atoms with van der Waals surface area (Å²) in [5.41, 5.74) is 0. The molecule has 2 heterocycles. The molecule has 0 aliphatic carbocycles. The Labute approximate surface area is 107 Å². The first kappa shape index (κ1) is 12.1. The van der Waals surface area contributed by atoms with Crippen molar-refractivity contribution in [1.82, 2.24) is 29.7 Å². The van der Waals surface area contributed by atoms with Gasteiger partial charge in [0.1, 0.15) is 6.33 Å². The highest BCUT2D eigenvalue weighted by molar-refractivity contribution is 7.99. The van der Waals surface area contributed by atoms with E-state index in [2.05, 4.69) is 25.0 Å². The van der Waals surface area contributed by atoms with E-state index in [0.717, 1.165) is 0 Å². The van der Waals surface area contributed by atoms with Crippen molar-refractivity contribution in [1.29, 1.82) is 0 Å². The smallest absolute Gasteiger partial charge is 0.230 e. The zero-order chi connectivity index (χ0) is 12.4. The number of rotatable bonds is 3. The van der Waals surface area contributed by atoms with Crippen LogP contribution in [0.15, 0.2) is 16.6 Å². The van der Waals surface area contributed by atoms with E-state index in [1.807, 2.05) is 14.1 Å². The lowest BCUT2D eigenvalue weighted by Gasteiger charge is -2.10. The number of aromatic nitrogens is 6. The number of anilines is 1. The van der Waals surface area contributed by atoms with Gasteiger partial charge in [-0.25, -0.2) is 9.67 Å². The van der Waals surface area contributed by atoms with Crippen LogP contribution in [0.3, 0.4) is 0 Å². The van der Waals surface area contributed by atoms with Crippen LogP contribution in [-0.4, -0.2) is 43.8 Å². The second-order valence-corrected chi connectivity index (χ2v) is 4.62. The van der Waals surface area contributed by atoms with Gasteiger partial charge in [0.2, 0.25) is 16.4 Å². The summed E-state index contributed by atoms with van der Waals surface area (Å²) in [7, 11) is 5.47. The molecule has 2 aromatic heterocycles. The average molecular weight is 272 g/mol. The van der Waals surface area contributed by atoms with Crippen LogP contribution in [0.2, 0.25) is 5.28 Å². The number of halogens is 1. The third-order valence-electron chi connectivity index (χ3n) is 1.83. The molecular weight excluding hydrogens is 262 g/mol. The van der Waals surface area contributed by atoms with Crippen molar-refractivity contribution in [2.75, 3.05) is 19.0 Å². The lowest BCUT2D eigenvalue weighted by Crippen LogP contribution is -2.13. The first-order valence-electron chi connectivity index (χ1n) is 4.67. The molecule has 7 nitrogen and oxygen atoms in total. The van der Waals surface area contributed by atoms with Crippen molar-refractivity contribution in [3.05, 3.63) is 11.6 Å². The molecule has 0 atom stereocenters.